The van der Waals surface area contributed by atoms with Crippen LogP contribution in [0.2, 0.25) is 0 Å². The van der Waals surface area contributed by atoms with Crippen molar-refractivity contribution in [1.82, 2.24) is 9.88 Å². The normalized spacial score (nSPS) is 13.0. The van der Waals surface area contributed by atoms with Crippen molar-refractivity contribution in [2.75, 3.05) is 6.54 Å². The van der Waals surface area contributed by atoms with Gasteiger partial charge in [-0.2, -0.15) is 0 Å². The molecule has 1 aliphatic rings. The highest BCUT2D eigenvalue weighted by molar-refractivity contribution is 6.22. The number of amides is 2. The summed E-state index contributed by atoms with van der Waals surface area (Å²) in [7, 11) is 0. The van der Waals surface area contributed by atoms with E-state index in [1.54, 1.807) is 48.8 Å². The summed E-state index contributed by atoms with van der Waals surface area (Å²) in [5.41, 5.74) is 2.56. The fourth-order valence-electron chi connectivity index (χ4n) is 2.99. The summed E-state index contributed by atoms with van der Waals surface area (Å²) < 4.78 is 5.27. The summed E-state index contributed by atoms with van der Waals surface area (Å²) in [6, 6.07) is 17.2. The SMILES string of the molecule is O=C(CN1C(=O)c2ccccc2C1=O)Oc1ccc(/C=C/c2ccncc2)cc1. The molecule has 2 amide bonds. The Morgan fingerprint density at radius 1 is 0.828 bits per heavy atom. The van der Waals surface area contributed by atoms with Gasteiger partial charge in [0.2, 0.25) is 0 Å². The maximum absolute atomic E-state index is 12.3. The molecule has 0 radical (unpaired) electrons. The molecule has 0 bridgehead atoms. The van der Waals surface area contributed by atoms with Crippen molar-refractivity contribution in [3.63, 3.8) is 0 Å². The molecule has 6 nitrogen and oxygen atoms in total. The summed E-state index contributed by atoms with van der Waals surface area (Å²) in [6.45, 7) is -0.434. The maximum atomic E-state index is 12.3. The van der Waals surface area contributed by atoms with Gasteiger partial charge in [-0.1, -0.05) is 36.4 Å². The van der Waals surface area contributed by atoms with Gasteiger partial charge in [0.25, 0.3) is 11.8 Å². The van der Waals surface area contributed by atoms with Crippen LogP contribution in [0.3, 0.4) is 0 Å². The standard InChI is InChI=1S/C23H16N2O4/c26-21(15-25-22(27)19-3-1-2-4-20(19)23(25)28)29-18-9-7-16(8-10-18)5-6-17-11-13-24-14-12-17/h1-14H,15H2/b6-5+. The fraction of sp³-hybridized carbons (Fsp3) is 0.0435. The number of nitrogens with zero attached hydrogens (tertiary/aromatic N) is 2. The molecule has 2 aromatic carbocycles. The molecule has 6 heteroatoms. The van der Waals surface area contributed by atoms with Gasteiger partial charge in [-0.15, -0.1) is 0 Å². The highest BCUT2D eigenvalue weighted by atomic mass is 16.5. The summed E-state index contributed by atoms with van der Waals surface area (Å²) in [6.07, 6.45) is 7.32. The molecular formula is C23H16N2O4. The molecule has 0 fully saturated rings. The molecule has 1 aromatic heterocycles. The molecule has 3 aromatic rings. The molecule has 0 saturated heterocycles. The van der Waals surface area contributed by atoms with E-state index < -0.39 is 24.3 Å². The number of fused-ring (bicyclic) bond motifs is 1. The van der Waals surface area contributed by atoms with Crippen molar-refractivity contribution >= 4 is 29.9 Å². The topological polar surface area (TPSA) is 76.6 Å². The largest absolute Gasteiger partial charge is 0.425 e. The van der Waals surface area contributed by atoms with Crippen LogP contribution in [-0.2, 0) is 4.79 Å². The molecule has 2 heterocycles. The number of hydrogen-bond acceptors (Lipinski definition) is 5. The van der Waals surface area contributed by atoms with Crippen molar-refractivity contribution in [2.45, 2.75) is 0 Å². The number of carbonyl (C=O) groups excluding carboxylic acids is 3. The van der Waals surface area contributed by atoms with E-state index in [9.17, 15) is 14.4 Å². The first kappa shape index (κ1) is 18.3. The van der Waals surface area contributed by atoms with Gasteiger partial charge in [-0.3, -0.25) is 19.5 Å². The van der Waals surface area contributed by atoms with Crippen molar-refractivity contribution in [3.05, 3.63) is 95.3 Å². The van der Waals surface area contributed by atoms with Crippen LogP contribution < -0.4 is 4.74 Å². The van der Waals surface area contributed by atoms with E-state index in [1.807, 2.05) is 36.4 Å². The van der Waals surface area contributed by atoms with E-state index in [0.29, 0.717) is 16.9 Å². The average molecular weight is 384 g/mol. The second-order valence-electron chi connectivity index (χ2n) is 6.40. The lowest BCUT2D eigenvalue weighted by atomic mass is 10.1. The van der Waals surface area contributed by atoms with E-state index >= 15 is 0 Å². The minimum Gasteiger partial charge on any atom is -0.425 e. The van der Waals surface area contributed by atoms with Crippen molar-refractivity contribution in [2.24, 2.45) is 0 Å². The zero-order valence-corrected chi connectivity index (χ0v) is 15.3. The number of carbonyl (C=O) groups is 3. The smallest absolute Gasteiger partial charge is 0.331 e. The summed E-state index contributed by atoms with van der Waals surface area (Å²) in [5, 5.41) is 0. The molecule has 142 valence electrons. The molecule has 0 atom stereocenters. The minimum atomic E-state index is -0.681. The third-order valence-electron chi connectivity index (χ3n) is 4.45. The molecule has 0 N–H and O–H groups in total. The van der Waals surface area contributed by atoms with Gasteiger partial charge in [0.15, 0.2) is 0 Å². The third kappa shape index (κ3) is 3.96. The molecule has 0 spiro atoms. The van der Waals surface area contributed by atoms with Crippen molar-refractivity contribution in [1.29, 1.82) is 0 Å². The average Bonchev–Trinajstić information content (AvgIpc) is 2.99. The van der Waals surface area contributed by atoms with E-state index in [1.165, 1.54) is 0 Å². The molecule has 4 rings (SSSR count). The number of pyridine rings is 1. The van der Waals surface area contributed by atoms with Crippen LogP contribution in [0, 0.1) is 0 Å². The van der Waals surface area contributed by atoms with Crippen LogP contribution in [0.5, 0.6) is 5.75 Å². The summed E-state index contributed by atoms with van der Waals surface area (Å²) in [5.74, 6) is -1.31. The van der Waals surface area contributed by atoms with Crippen LogP contribution in [0.25, 0.3) is 12.2 Å². The monoisotopic (exact) mass is 384 g/mol. The summed E-state index contributed by atoms with van der Waals surface area (Å²) in [4.78, 5) is 41.7. The molecular weight excluding hydrogens is 368 g/mol. The van der Waals surface area contributed by atoms with Gasteiger partial charge in [0.1, 0.15) is 12.3 Å². The predicted molar refractivity (Wildman–Crippen MR) is 107 cm³/mol. The van der Waals surface area contributed by atoms with Crippen LogP contribution in [-0.4, -0.2) is 34.2 Å². The first-order chi connectivity index (χ1) is 14.1. The third-order valence-corrected chi connectivity index (χ3v) is 4.45. The van der Waals surface area contributed by atoms with E-state index in [2.05, 4.69) is 4.98 Å². The van der Waals surface area contributed by atoms with Crippen LogP contribution in [0.4, 0.5) is 0 Å². The molecule has 0 unspecified atom stereocenters. The number of hydrogen-bond donors (Lipinski definition) is 0. The lowest BCUT2D eigenvalue weighted by molar-refractivity contribution is -0.134. The fourth-order valence-corrected chi connectivity index (χ4v) is 2.99. The number of imide groups is 1. The highest BCUT2D eigenvalue weighted by Gasteiger charge is 2.36. The van der Waals surface area contributed by atoms with Gasteiger partial charge in [0, 0.05) is 12.4 Å². The number of esters is 1. The van der Waals surface area contributed by atoms with Gasteiger partial charge in [0.05, 0.1) is 11.1 Å². The quantitative estimate of drug-likeness (QED) is 0.383. The van der Waals surface area contributed by atoms with Gasteiger partial charge in [-0.05, 0) is 47.5 Å². The second kappa shape index (κ2) is 7.90. The predicted octanol–water partition coefficient (Wildman–Crippen LogP) is 3.45. The number of benzene rings is 2. The maximum Gasteiger partial charge on any atom is 0.331 e. The Morgan fingerprint density at radius 3 is 1.97 bits per heavy atom. The number of aromatic nitrogens is 1. The Bertz CT molecular complexity index is 1070. The van der Waals surface area contributed by atoms with Gasteiger partial charge < -0.3 is 4.74 Å². The number of rotatable bonds is 5. The molecule has 0 aliphatic carbocycles. The lowest BCUT2D eigenvalue weighted by Gasteiger charge is -2.12. The zero-order valence-electron chi connectivity index (χ0n) is 15.3. The molecule has 0 saturated carbocycles. The Kier molecular flexibility index (Phi) is 4.99. The van der Waals surface area contributed by atoms with Crippen molar-refractivity contribution < 1.29 is 19.1 Å². The van der Waals surface area contributed by atoms with Gasteiger partial charge in [-0.25, -0.2) is 4.79 Å². The number of ether oxygens (including phenoxy) is 1. The van der Waals surface area contributed by atoms with E-state index in [0.717, 1.165) is 16.0 Å². The summed E-state index contributed by atoms with van der Waals surface area (Å²) >= 11 is 0. The molecule has 29 heavy (non-hydrogen) atoms. The lowest BCUT2D eigenvalue weighted by Crippen LogP contribution is -2.36. The van der Waals surface area contributed by atoms with Crippen LogP contribution >= 0.6 is 0 Å². The Morgan fingerprint density at radius 2 is 1.38 bits per heavy atom. The molecule has 1 aliphatic heterocycles. The van der Waals surface area contributed by atoms with Crippen LogP contribution in [0.15, 0.2) is 73.1 Å². The first-order valence-corrected chi connectivity index (χ1v) is 8.96. The van der Waals surface area contributed by atoms with E-state index in [4.69, 9.17) is 4.74 Å². The first-order valence-electron chi connectivity index (χ1n) is 8.96. The Balaban J connectivity index is 1.37. The Hall–Kier alpha value is -4.06. The van der Waals surface area contributed by atoms with E-state index in [-0.39, 0.29) is 0 Å². The van der Waals surface area contributed by atoms with Crippen molar-refractivity contribution in [3.8, 4) is 5.75 Å². The zero-order chi connectivity index (χ0) is 20.2. The highest BCUT2D eigenvalue weighted by Crippen LogP contribution is 2.22. The Labute approximate surface area is 167 Å². The van der Waals surface area contributed by atoms with Crippen LogP contribution in [0.1, 0.15) is 31.8 Å². The second-order valence-corrected chi connectivity index (χ2v) is 6.40. The minimum absolute atomic E-state index is 0.302. The van der Waals surface area contributed by atoms with Gasteiger partial charge >= 0.3 is 5.97 Å².